The van der Waals surface area contributed by atoms with E-state index in [1.165, 1.54) is 31.2 Å². The lowest BCUT2D eigenvalue weighted by Crippen LogP contribution is -2.34. The fourth-order valence-electron chi connectivity index (χ4n) is 3.04. The fourth-order valence-corrected chi connectivity index (χ4v) is 3.18. The molecular formula is C17H20ClN3. The molecule has 21 heavy (non-hydrogen) atoms. The summed E-state index contributed by atoms with van der Waals surface area (Å²) in [5, 5.41) is 0.496. The zero-order valence-corrected chi connectivity index (χ0v) is 12.8. The second-order valence-corrected chi connectivity index (χ2v) is 5.99. The van der Waals surface area contributed by atoms with E-state index >= 15 is 0 Å². The molecule has 0 radical (unpaired) electrons. The number of hydrogen-bond acceptors (Lipinski definition) is 3. The highest BCUT2D eigenvalue weighted by molar-refractivity contribution is 6.29. The summed E-state index contributed by atoms with van der Waals surface area (Å²) in [5.41, 5.74) is 8.11. The molecule has 0 amide bonds. The van der Waals surface area contributed by atoms with Crippen LogP contribution >= 0.6 is 11.6 Å². The molecule has 0 atom stereocenters. The number of nitrogens with zero attached hydrogens (tertiary/aromatic N) is 2. The highest BCUT2D eigenvalue weighted by atomic mass is 35.5. The third-order valence-corrected chi connectivity index (χ3v) is 4.32. The first-order chi connectivity index (χ1) is 10.2. The molecular weight excluding hydrogens is 282 g/mol. The summed E-state index contributed by atoms with van der Waals surface area (Å²) in [4.78, 5) is 6.80. The van der Waals surface area contributed by atoms with Crippen LogP contribution in [0.3, 0.4) is 0 Å². The second kappa shape index (κ2) is 6.35. The van der Waals surface area contributed by atoms with Crippen LogP contribution in [0.15, 0.2) is 42.5 Å². The van der Waals surface area contributed by atoms with Crippen LogP contribution in [0, 0.1) is 0 Å². The standard InChI is InChI=1S/C17H20ClN3/c18-16-11-10-15(19)17(20-16)21(14-8-4-5-9-14)12-13-6-2-1-3-7-13/h1-3,6-7,10-11,14H,4-5,8-9,12,19H2. The average Bonchev–Trinajstić information content (AvgIpc) is 3.03. The monoisotopic (exact) mass is 301 g/mol. The van der Waals surface area contributed by atoms with Gasteiger partial charge in [0.1, 0.15) is 5.15 Å². The van der Waals surface area contributed by atoms with Gasteiger partial charge >= 0.3 is 0 Å². The topological polar surface area (TPSA) is 42.1 Å². The van der Waals surface area contributed by atoms with E-state index in [2.05, 4.69) is 34.1 Å². The summed E-state index contributed by atoms with van der Waals surface area (Å²) in [6, 6.07) is 14.5. The van der Waals surface area contributed by atoms with E-state index in [1.807, 2.05) is 12.1 Å². The minimum absolute atomic E-state index is 0.496. The number of anilines is 2. The number of nitrogen functional groups attached to an aromatic ring is 1. The Morgan fingerprint density at radius 3 is 2.52 bits per heavy atom. The Labute approximate surface area is 130 Å². The molecule has 1 saturated carbocycles. The van der Waals surface area contributed by atoms with Gasteiger partial charge in [0, 0.05) is 12.6 Å². The molecule has 3 nitrogen and oxygen atoms in total. The van der Waals surface area contributed by atoms with Crippen LogP contribution < -0.4 is 10.6 Å². The van der Waals surface area contributed by atoms with Crippen LogP contribution in [-0.2, 0) is 6.54 Å². The summed E-state index contributed by atoms with van der Waals surface area (Å²) >= 11 is 6.08. The van der Waals surface area contributed by atoms with E-state index in [0.717, 1.165) is 12.4 Å². The molecule has 1 fully saturated rings. The lowest BCUT2D eigenvalue weighted by atomic mass is 10.1. The number of aromatic nitrogens is 1. The molecule has 1 aliphatic rings. The van der Waals surface area contributed by atoms with Crippen molar-refractivity contribution in [2.75, 3.05) is 10.6 Å². The minimum Gasteiger partial charge on any atom is -0.396 e. The first-order valence-corrected chi connectivity index (χ1v) is 7.84. The van der Waals surface area contributed by atoms with Gasteiger partial charge in [-0.05, 0) is 30.5 Å². The molecule has 1 aliphatic carbocycles. The van der Waals surface area contributed by atoms with Gasteiger partial charge in [0.15, 0.2) is 5.82 Å². The maximum absolute atomic E-state index is 6.15. The van der Waals surface area contributed by atoms with Crippen molar-refractivity contribution in [3.8, 4) is 0 Å². The Morgan fingerprint density at radius 1 is 1.10 bits per heavy atom. The number of halogens is 1. The van der Waals surface area contributed by atoms with Gasteiger partial charge in [-0.25, -0.2) is 4.98 Å². The molecule has 1 aromatic heterocycles. The third-order valence-electron chi connectivity index (χ3n) is 4.10. The fraction of sp³-hybridized carbons (Fsp3) is 0.353. The molecule has 4 heteroatoms. The van der Waals surface area contributed by atoms with Gasteiger partial charge in [-0.3, -0.25) is 0 Å². The summed E-state index contributed by atoms with van der Waals surface area (Å²) in [6.45, 7) is 0.822. The van der Waals surface area contributed by atoms with Crippen LogP contribution in [0.5, 0.6) is 0 Å². The zero-order valence-electron chi connectivity index (χ0n) is 12.0. The van der Waals surface area contributed by atoms with Crippen molar-refractivity contribution in [1.82, 2.24) is 4.98 Å². The highest BCUT2D eigenvalue weighted by Crippen LogP contribution is 2.32. The van der Waals surface area contributed by atoms with Crippen molar-refractivity contribution in [2.45, 2.75) is 38.3 Å². The van der Waals surface area contributed by atoms with Crippen molar-refractivity contribution in [2.24, 2.45) is 0 Å². The maximum Gasteiger partial charge on any atom is 0.154 e. The highest BCUT2D eigenvalue weighted by Gasteiger charge is 2.25. The molecule has 0 bridgehead atoms. The number of nitrogens with two attached hydrogens (primary N) is 1. The van der Waals surface area contributed by atoms with Crippen LogP contribution in [0.1, 0.15) is 31.2 Å². The first-order valence-electron chi connectivity index (χ1n) is 7.46. The number of hydrogen-bond donors (Lipinski definition) is 1. The number of rotatable bonds is 4. The molecule has 1 aromatic carbocycles. The Morgan fingerprint density at radius 2 is 1.81 bits per heavy atom. The summed E-state index contributed by atoms with van der Waals surface area (Å²) < 4.78 is 0. The smallest absolute Gasteiger partial charge is 0.154 e. The average molecular weight is 302 g/mol. The van der Waals surface area contributed by atoms with Crippen LogP contribution in [0.25, 0.3) is 0 Å². The normalized spacial score (nSPS) is 15.3. The van der Waals surface area contributed by atoms with Crippen molar-refractivity contribution in [3.63, 3.8) is 0 Å². The Kier molecular flexibility index (Phi) is 4.30. The second-order valence-electron chi connectivity index (χ2n) is 5.60. The predicted octanol–water partition coefficient (Wildman–Crippen LogP) is 4.27. The van der Waals surface area contributed by atoms with Crippen LogP contribution in [0.2, 0.25) is 5.15 Å². The number of benzene rings is 1. The van der Waals surface area contributed by atoms with Crippen molar-refractivity contribution >= 4 is 23.1 Å². The Hall–Kier alpha value is -1.74. The maximum atomic E-state index is 6.15. The quantitative estimate of drug-likeness (QED) is 0.858. The molecule has 1 heterocycles. The van der Waals surface area contributed by atoms with E-state index in [9.17, 15) is 0 Å². The molecule has 110 valence electrons. The van der Waals surface area contributed by atoms with Gasteiger partial charge in [-0.15, -0.1) is 0 Å². The molecule has 0 aliphatic heterocycles. The lowest BCUT2D eigenvalue weighted by molar-refractivity contribution is 0.599. The minimum atomic E-state index is 0.496. The van der Waals surface area contributed by atoms with E-state index in [-0.39, 0.29) is 0 Å². The van der Waals surface area contributed by atoms with E-state index in [1.54, 1.807) is 6.07 Å². The zero-order chi connectivity index (χ0) is 14.7. The van der Waals surface area contributed by atoms with Gasteiger partial charge in [0.25, 0.3) is 0 Å². The summed E-state index contributed by atoms with van der Waals surface area (Å²) in [6.07, 6.45) is 4.94. The SMILES string of the molecule is Nc1ccc(Cl)nc1N(Cc1ccccc1)C1CCCC1. The molecule has 3 rings (SSSR count). The van der Waals surface area contributed by atoms with E-state index < -0.39 is 0 Å². The largest absolute Gasteiger partial charge is 0.396 e. The van der Waals surface area contributed by atoms with Gasteiger partial charge in [0.2, 0.25) is 0 Å². The third kappa shape index (κ3) is 3.30. The van der Waals surface area contributed by atoms with E-state index in [4.69, 9.17) is 17.3 Å². The van der Waals surface area contributed by atoms with Crippen molar-refractivity contribution < 1.29 is 0 Å². The molecule has 0 saturated heterocycles. The summed E-state index contributed by atoms with van der Waals surface area (Å²) in [7, 11) is 0. The molecule has 2 N–H and O–H groups in total. The molecule has 2 aromatic rings. The van der Waals surface area contributed by atoms with Gasteiger partial charge in [-0.2, -0.15) is 0 Å². The first kappa shape index (κ1) is 14.2. The number of pyridine rings is 1. The lowest BCUT2D eigenvalue weighted by Gasteiger charge is -2.31. The van der Waals surface area contributed by atoms with Gasteiger partial charge in [-0.1, -0.05) is 54.8 Å². The van der Waals surface area contributed by atoms with Crippen LogP contribution in [0.4, 0.5) is 11.5 Å². The van der Waals surface area contributed by atoms with Crippen LogP contribution in [-0.4, -0.2) is 11.0 Å². The molecule has 0 spiro atoms. The predicted molar refractivity (Wildman–Crippen MR) is 88.5 cm³/mol. The van der Waals surface area contributed by atoms with Gasteiger partial charge in [0.05, 0.1) is 5.69 Å². The molecule has 0 unspecified atom stereocenters. The van der Waals surface area contributed by atoms with Crippen molar-refractivity contribution in [3.05, 3.63) is 53.2 Å². The van der Waals surface area contributed by atoms with E-state index in [0.29, 0.717) is 16.9 Å². The Bertz CT molecular complexity index is 594. The van der Waals surface area contributed by atoms with Crippen molar-refractivity contribution in [1.29, 1.82) is 0 Å². The Balaban J connectivity index is 1.93. The summed E-state index contributed by atoms with van der Waals surface area (Å²) in [5.74, 6) is 0.818. The van der Waals surface area contributed by atoms with Gasteiger partial charge < -0.3 is 10.6 Å².